The van der Waals surface area contributed by atoms with Crippen LogP contribution in [0.25, 0.3) is 0 Å². The molecule has 290 valence electrons. The summed E-state index contributed by atoms with van der Waals surface area (Å²) in [4.78, 5) is 97.7. The number of ether oxygens (including phenoxy) is 6. The molecule has 9 atom stereocenters. The summed E-state index contributed by atoms with van der Waals surface area (Å²) >= 11 is 0. The van der Waals surface area contributed by atoms with E-state index in [0.29, 0.717) is 0 Å². The first-order chi connectivity index (χ1) is 24.7. The smallest absolute Gasteiger partial charge is 0.340 e. The highest BCUT2D eigenvalue weighted by molar-refractivity contribution is 5.94. The Kier molecular flexibility index (Phi) is 13.9. The highest BCUT2D eigenvalue weighted by Gasteiger charge is 2.66. The zero-order valence-electron chi connectivity index (χ0n) is 32.0. The minimum atomic E-state index is -2.06. The second-order valence-corrected chi connectivity index (χ2v) is 14.6. The molecule has 14 nitrogen and oxygen atoms in total. The van der Waals surface area contributed by atoms with Gasteiger partial charge in [0.25, 0.3) is 0 Å². The standard InChI is InChI=1S/C39H51NO13/c1-12-28(44)50-30-22(5)18-39(53-26(9)43)29(30)31(48-24(7)41)23(6)32(51-36(46)20(2)3)33(49-25(8)42)35(38(10,11)16-15-21(4)34(39)45)52-37(47)27-14-13-17-40-19-27/h13-17,19-22,29-33,35H,6,12,18H2,1-5,7-11H3/b16-15+/t21-,22-,29+,30-,31-,32-,33+,35+,39+/m0/s1. The molecule has 0 amide bonds. The van der Waals surface area contributed by atoms with Gasteiger partial charge in [0.15, 0.2) is 29.7 Å². The molecule has 14 heteroatoms. The largest absolute Gasteiger partial charge is 0.461 e. The van der Waals surface area contributed by atoms with Crippen LogP contribution < -0.4 is 0 Å². The predicted molar refractivity (Wildman–Crippen MR) is 187 cm³/mol. The van der Waals surface area contributed by atoms with Crippen molar-refractivity contribution in [1.82, 2.24) is 4.98 Å². The van der Waals surface area contributed by atoms with E-state index in [2.05, 4.69) is 11.6 Å². The van der Waals surface area contributed by atoms with Crippen LogP contribution in [0.4, 0.5) is 0 Å². The molecule has 1 saturated carbocycles. The molecule has 0 bridgehead atoms. The van der Waals surface area contributed by atoms with Crippen LogP contribution in [-0.2, 0) is 57.2 Å². The molecule has 1 heterocycles. The van der Waals surface area contributed by atoms with Crippen molar-refractivity contribution in [3.8, 4) is 0 Å². The monoisotopic (exact) mass is 741 g/mol. The summed E-state index contributed by atoms with van der Waals surface area (Å²) in [6.07, 6.45) is -2.03. The first-order valence-electron chi connectivity index (χ1n) is 17.6. The fraction of sp³-hybridized carbons (Fsp3) is 0.590. The third-order valence-corrected chi connectivity index (χ3v) is 9.43. The molecule has 0 saturated heterocycles. The summed E-state index contributed by atoms with van der Waals surface area (Å²) in [5, 5.41) is 0. The molecule has 1 aromatic rings. The van der Waals surface area contributed by atoms with Gasteiger partial charge in [-0.2, -0.15) is 0 Å². The summed E-state index contributed by atoms with van der Waals surface area (Å²) in [7, 11) is 0. The normalized spacial score (nSPS) is 30.4. The van der Waals surface area contributed by atoms with E-state index in [1.165, 1.54) is 30.6 Å². The number of nitrogens with zero attached hydrogens (tertiary/aromatic N) is 1. The minimum absolute atomic E-state index is 0.0506. The second kappa shape index (κ2) is 17.3. The van der Waals surface area contributed by atoms with Gasteiger partial charge in [-0.3, -0.25) is 33.8 Å². The van der Waals surface area contributed by atoms with Crippen LogP contribution in [0, 0.1) is 29.1 Å². The van der Waals surface area contributed by atoms with Crippen molar-refractivity contribution in [3.63, 3.8) is 0 Å². The van der Waals surface area contributed by atoms with E-state index in [9.17, 15) is 33.6 Å². The van der Waals surface area contributed by atoms with Gasteiger partial charge < -0.3 is 28.4 Å². The van der Waals surface area contributed by atoms with Crippen molar-refractivity contribution < 1.29 is 62.0 Å². The Bertz CT molecular complexity index is 1620. The van der Waals surface area contributed by atoms with Crippen LogP contribution in [0.3, 0.4) is 0 Å². The van der Waals surface area contributed by atoms with Crippen LogP contribution in [0.2, 0.25) is 0 Å². The van der Waals surface area contributed by atoms with Crippen LogP contribution >= 0.6 is 0 Å². The quantitative estimate of drug-likeness (QED) is 0.193. The fourth-order valence-corrected chi connectivity index (χ4v) is 6.95. The van der Waals surface area contributed by atoms with Crippen molar-refractivity contribution >= 4 is 41.6 Å². The number of Topliss-reactive ketones (excluding diaryl/α,β-unsaturated/α-hetero) is 1. The number of ketones is 1. The average molecular weight is 742 g/mol. The second-order valence-electron chi connectivity index (χ2n) is 14.6. The lowest BCUT2D eigenvalue weighted by Gasteiger charge is -2.44. The first-order valence-corrected chi connectivity index (χ1v) is 17.6. The third kappa shape index (κ3) is 9.76. The Morgan fingerprint density at radius 3 is 2.08 bits per heavy atom. The molecule has 0 aromatic carbocycles. The lowest BCUT2D eigenvalue weighted by molar-refractivity contribution is -0.191. The van der Waals surface area contributed by atoms with Crippen molar-refractivity contribution in [2.45, 2.75) is 118 Å². The SMILES string of the molecule is C=C1[C@H](OC(=O)C(C)C)[C@@H](OC(C)=O)[C@@H](OC(=O)c2cccnc2)C(C)(C)/C=C/[C@H](C)C(=O)[C@@]2(OC(C)=O)C[C@H](C)[C@H](OC(=O)CC)[C@@H]2[C@H]1OC(C)=O. The summed E-state index contributed by atoms with van der Waals surface area (Å²) in [6, 6.07) is 2.99. The maximum Gasteiger partial charge on any atom is 0.340 e. The zero-order chi connectivity index (χ0) is 40.0. The topological polar surface area (TPSA) is 188 Å². The Balaban J connectivity index is 2.50. The van der Waals surface area contributed by atoms with Crippen molar-refractivity contribution in [3.05, 3.63) is 54.4 Å². The molecule has 0 N–H and O–H groups in total. The molecule has 0 aliphatic heterocycles. The van der Waals surface area contributed by atoms with Crippen molar-refractivity contribution in [2.75, 3.05) is 0 Å². The fourth-order valence-electron chi connectivity index (χ4n) is 6.95. The minimum Gasteiger partial charge on any atom is -0.461 e. The molecule has 0 unspecified atom stereocenters. The van der Waals surface area contributed by atoms with E-state index >= 15 is 0 Å². The number of hydrogen-bond acceptors (Lipinski definition) is 14. The van der Waals surface area contributed by atoms with Crippen molar-refractivity contribution in [1.29, 1.82) is 0 Å². The highest BCUT2D eigenvalue weighted by atomic mass is 16.6. The molecular formula is C39H51NO13. The van der Waals surface area contributed by atoms with Gasteiger partial charge in [-0.15, -0.1) is 0 Å². The van der Waals surface area contributed by atoms with Crippen LogP contribution in [0.15, 0.2) is 48.8 Å². The maximum absolute atomic E-state index is 14.8. The van der Waals surface area contributed by atoms with Crippen LogP contribution in [0.5, 0.6) is 0 Å². The van der Waals surface area contributed by atoms with Crippen LogP contribution in [-0.4, -0.2) is 82.7 Å². The molecule has 2 aliphatic rings. The number of allylic oxidation sites excluding steroid dienone is 1. The van der Waals surface area contributed by atoms with E-state index in [0.717, 1.165) is 20.8 Å². The molecule has 1 fully saturated rings. The van der Waals surface area contributed by atoms with Gasteiger partial charge in [0.05, 0.1) is 17.4 Å². The maximum atomic E-state index is 14.8. The van der Waals surface area contributed by atoms with Crippen molar-refractivity contribution in [2.24, 2.45) is 29.1 Å². The van der Waals surface area contributed by atoms with E-state index < -0.39 is 107 Å². The predicted octanol–water partition coefficient (Wildman–Crippen LogP) is 4.68. The van der Waals surface area contributed by atoms with Gasteiger partial charge in [0, 0.05) is 62.9 Å². The molecule has 1 aromatic heterocycles. The molecule has 3 rings (SSSR count). The Hall–Kier alpha value is -4.88. The van der Waals surface area contributed by atoms with Gasteiger partial charge in [0.1, 0.15) is 12.2 Å². The van der Waals surface area contributed by atoms with Crippen LogP contribution in [0.1, 0.15) is 92.4 Å². The Morgan fingerprint density at radius 2 is 1.55 bits per heavy atom. The van der Waals surface area contributed by atoms with E-state index in [4.69, 9.17) is 28.4 Å². The summed E-state index contributed by atoms with van der Waals surface area (Å²) < 4.78 is 35.9. The lowest BCUT2D eigenvalue weighted by Crippen LogP contribution is -2.59. The van der Waals surface area contributed by atoms with E-state index in [-0.39, 0.29) is 24.0 Å². The number of esters is 6. The number of fused-ring (bicyclic) bond motifs is 1. The molecule has 0 radical (unpaired) electrons. The number of carbonyl (C=O) groups excluding carboxylic acids is 7. The number of carbonyl (C=O) groups is 7. The Labute approximate surface area is 309 Å². The van der Waals surface area contributed by atoms with E-state index in [1.54, 1.807) is 54.5 Å². The number of rotatable bonds is 9. The summed E-state index contributed by atoms with van der Waals surface area (Å²) in [5.41, 5.74) is -3.52. The number of aromatic nitrogens is 1. The number of pyridine rings is 1. The molecule has 2 aliphatic carbocycles. The summed E-state index contributed by atoms with van der Waals surface area (Å²) in [5.74, 6) is -9.29. The first kappa shape index (κ1) is 42.5. The van der Waals surface area contributed by atoms with Gasteiger partial charge in [-0.1, -0.05) is 67.2 Å². The molecule has 53 heavy (non-hydrogen) atoms. The molecule has 0 spiro atoms. The van der Waals surface area contributed by atoms with Gasteiger partial charge in [-0.25, -0.2) is 4.79 Å². The highest BCUT2D eigenvalue weighted by Crippen LogP contribution is 2.51. The number of hydrogen-bond donors (Lipinski definition) is 0. The van der Waals surface area contributed by atoms with E-state index in [1.807, 2.05) is 0 Å². The van der Waals surface area contributed by atoms with Gasteiger partial charge >= 0.3 is 35.8 Å². The zero-order valence-corrected chi connectivity index (χ0v) is 32.0. The lowest BCUT2D eigenvalue weighted by atomic mass is 9.72. The summed E-state index contributed by atoms with van der Waals surface area (Å²) in [6.45, 7) is 18.8. The molecular weight excluding hydrogens is 690 g/mol. The van der Waals surface area contributed by atoms with Gasteiger partial charge in [0.2, 0.25) is 0 Å². The average Bonchev–Trinajstić information content (AvgIpc) is 3.34. The van der Waals surface area contributed by atoms with Gasteiger partial charge in [-0.05, 0) is 18.1 Å². The Morgan fingerprint density at radius 1 is 0.906 bits per heavy atom. The third-order valence-electron chi connectivity index (χ3n) is 9.43.